The minimum atomic E-state index is 0.689. The molecule has 0 radical (unpaired) electrons. The van der Waals surface area contributed by atoms with E-state index in [-0.39, 0.29) is 0 Å². The lowest BCUT2D eigenvalue weighted by molar-refractivity contribution is -0.160. The Balaban J connectivity index is 0.000000247. The Morgan fingerprint density at radius 3 is 2.25 bits per heavy atom. The summed E-state index contributed by atoms with van der Waals surface area (Å²) in [6.45, 7) is 2.97. The first-order valence-electron chi connectivity index (χ1n) is 4.12. The van der Waals surface area contributed by atoms with Gasteiger partial charge in [-0.1, -0.05) is 19.8 Å². The Bertz CT molecular complexity index is 80.4. The number of methoxy groups -OCH3 is 1. The molecule has 1 fully saturated rings. The average molecular weight is 194 g/mol. The molecule has 0 bridgehead atoms. The number of rotatable bonds is 5. The molecule has 1 aliphatic rings. The van der Waals surface area contributed by atoms with E-state index >= 15 is 0 Å². The van der Waals surface area contributed by atoms with Gasteiger partial charge in [0.1, 0.15) is 0 Å². The highest BCUT2D eigenvalue weighted by atomic mass is 32.2. The van der Waals surface area contributed by atoms with Gasteiger partial charge in [0.05, 0.1) is 13.7 Å². The minimum absolute atomic E-state index is 0.689. The third kappa shape index (κ3) is 12.9. The third-order valence-corrected chi connectivity index (χ3v) is 1.92. The fourth-order valence-electron chi connectivity index (χ4n) is 0.366. The summed E-state index contributed by atoms with van der Waals surface area (Å²) in [6.07, 6.45) is 2.97. The topological polar surface area (TPSA) is 27.7 Å². The van der Waals surface area contributed by atoms with Crippen LogP contribution in [-0.4, -0.2) is 26.6 Å². The Morgan fingerprint density at radius 2 is 1.92 bits per heavy atom. The van der Waals surface area contributed by atoms with Gasteiger partial charge in [0.2, 0.25) is 0 Å². The molecule has 0 atom stereocenters. The van der Waals surface area contributed by atoms with Crippen LogP contribution in [0.1, 0.15) is 19.8 Å². The summed E-state index contributed by atoms with van der Waals surface area (Å²) in [7, 11) is 3.12. The second-order valence-corrected chi connectivity index (χ2v) is 3.51. The molecule has 0 aromatic carbocycles. The van der Waals surface area contributed by atoms with E-state index in [0.717, 1.165) is 11.7 Å². The second-order valence-electron chi connectivity index (χ2n) is 2.73. The number of hydrogen-bond donors (Lipinski definition) is 0. The monoisotopic (exact) mass is 194 g/mol. The summed E-state index contributed by atoms with van der Waals surface area (Å²) < 4.78 is 9.20. The molecule has 1 rings (SSSR count). The van der Waals surface area contributed by atoms with Crippen molar-refractivity contribution in [3.63, 3.8) is 0 Å². The Labute approximate surface area is 78.9 Å². The van der Waals surface area contributed by atoms with Crippen molar-refractivity contribution in [1.82, 2.24) is 0 Å². The van der Waals surface area contributed by atoms with Gasteiger partial charge in [0.25, 0.3) is 0 Å². The van der Waals surface area contributed by atoms with Crippen LogP contribution in [0.15, 0.2) is 0 Å². The van der Waals surface area contributed by atoms with Crippen molar-refractivity contribution in [2.24, 2.45) is 5.92 Å². The molecule has 0 saturated heterocycles. The van der Waals surface area contributed by atoms with E-state index in [9.17, 15) is 0 Å². The first-order chi connectivity index (χ1) is 5.81. The van der Waals surface area contributed by atoms with Crippen LogP contribution in [0.25, 0.3) is 0 Å². The normalized spacial score (nSPS) is 15.2. The molecule has 4 heteroatoms. The maximum absolute atomic E-state index is 4.73. The molecule has 1 aliphatic carbocycles. The van der Waals surface area contributed by atoms with Crippen molar-refractivity contribution in [2.75, 3.05) is 26.6 Å². The van der Waals surface area contributed by atoms with E-state index in [4.69, 9.17) is 4.74 Å². The van der Waals surface area contributed by atoms with Crippen LogP contribution >= 0.6 is 12.0 Å². The lowest BCUT2D eigenvalue weighted by atomic mass is 10.5. The molecule has 1 saturated carbocycles. The van der Waals surface area contributed by atoms with Gasteiger partial charge in [-0.15, -0.1) is 0 Å². The zero-order valence-corrected chi connectivity index (χ0v) is 8.86. The summed E-state index contributed by atoms with van der Waals surface area (Å²) in [5.41, 5.74) is 0. The van der Waals surface area contributed by atoms with Gasteiger partial charge in [-0.3, -0.25) is 0 Å². The Morgan fingerprint density at radius 1 is 1.33 bits per heavy atom. The van der Waals surface area contributed by atoms with Crippen LogP contribution in [0.4, 0.5) is 0 Å². The van der Waals surface area contributed by atoms with Gasteiger partial charge in [-0.2, -0.15) is 4.33 Å². The lowest BCUT2D eigenvalue weighted by Crippen LogP contribution is -1.91. The van der Waals surface area contributed by atoms with Crippen LogP contribution in [0, 0.1) is 5.92 Å². The summed E-state index contributed by atoms with van der Waals surface area (Å²) >= 11 is 1.23. The van der Waals surface area contributed by atoms with Crippen LogP contribution < -0.4 is 0 Å². The lowest BCUT2D eigenvalue weighted by Gasteiger charge is -1.95. The summed E-state index contributed by atoms with van der Waals surface area (Å²) in [5.74, 6) is 1.88. The van der Waals surface area contributed by atoms with Crippen molar-refractivity contribution < 1.29 is 14.0 Å². The molecule has 3 nitrogen and oxygen atoms in total. The fourth-order valence-corrected chi connectivity index (χ4v) is 0.765. The predicted octanol–water partition coefficient (Wildman–Crippen LogP) is 2.28. The summed E-state index contributed by atoms with van der Waals surface area (Å²) in [5, 5.41) is 0. The van der Waals surface area contributed by atoms with Gasteiger partial charge in [0, 0.05) is 24.9 Å². The van der Waals surface area contributed by atoms with Gasteiger partial charge >= 0.3 is 0 Å². The summed E-state index contributed by atoms with van der Waals surface area (Å²) in [6, 6.07) is 0. The van der Waals surface area contributed by atoms with E-state index in [2.05, 4.69) is 16.1 Å². The van der Waals surface area contributed by atoms with Crippen LogP contribution in [0.3, 0.4) is 0 Å². The standard InChI is InChI=1S/C4H10O3S.C4H8/c1-5-3-4-8-7-6-2;1-4-2-3-4/h3-4H2,1-2H3;4H,2-3H2,1H3. The fraction of sp³-hybridized carbons (Fsp3) is 1.00. The second kappa shape index (κ2) is 9.32. The molecule has 0 heterocycles. The smallest absolute Gasteiger partial charge is 0.0725 e. The first kappa shape index (κ1) is 12.2. The zero-order valence-electron chi connectivity index (χ0n) is 8.04. The number of hydrogen-bond acceptors (Lipinski definition) is 4. The molecule has 0 unspecified atom stereocenters. The average Bonchev–Trinajstić information content (AvgIpc) is 2.83. The predicted molar refractivity (Wildman–Crippen MR) is 50.8 cm³/mol. The van der Waals surface area contributed by atoms with Crippen molar-refractivity contribution >= 4 is 12.0 Å². The summed E-state index contributed by atoms with van der Waals surface area (Å²) in [4.78, 5) is 4.30. The van der Waals surface area contributed by atoms with Gasteiger partial charge in [0.15, 0.2) is 0 Å². The highest BCUT2D eigenvalue weighted by Gasteiger charge is 2.12. The van der Waals surface area contributed by atoms with Gasteiger partial charge in [-0.25, -0.2) is 4.89 Å². The molecule has 12 heavy (non-hydrogen) atoms. The van der Waals surface area contributed by atoms with E-state index in [1.807, 2.05) is 0 Å². The van der Waals surface area contributed by atoms with Crippen molar-refractivity contribution in [3.05, 3.63) is 0 Å². The number of ether oxygens (including phenoxy) is 1. The zero-order chi connectivity index (χ0) is 9.23. The third-order valence-electron chi connectivity index (χ3n) is 1.35. The van der Waals surface area contributed by atoms with E-state index in [0.29, 0.717) is 6.61 Å². The highest BCUT2D eigenvalue weighted by Crippen LogP contribution is 2.26. The largest absolute Gasteiger partial charge is 0.384 e. The van der Waals surface area contributed by atoms with Gasteiger partial charge < -0.3 is 4.74 Å². The van der Waals surface area contributed by atoms with Gasteiger partial charge in [-0.05, 0) is 5.92 Å². The SMILES string of the molecule is CC1CC1.COCCSOOC. The molecule has 0 N–H and O–H groups in total. The molecule has 0 aromatic heterocycles. The molecule has 0 aliphatic heterocycles. The molecular formula is C8H18O3S. The first-order valence-corrected chi connectivity index (χ1v) is 5.03. The Hall–Kier alpha value is 0.230. The molecular weight excluding hydrogens is 176 g/mol. The van der Waals surface area contributed by atoms with Crippen molar-refractivity contribution in [3.8, 4) is 0 Å². The van der Waals surface area contributed by atoms with E-state index in [1.165, 1.54) is 32.0 Å². The van der Waals surface area contributed by atoms with Crippen molar-refractivity contribution in [1.29, 1.82) is 0 Å². The minimum Gasteiger partial charge on any atom is -0.384 e. The maximum atomic E-state index is 4.73. The Kier molecular flexibility index (Phi) is 9.50. The molecule has 0 spiro atoms. The van der Waals surface area contributed by atoms with Crippen LogP contribution in [-0.2, 0) is 14.0 Å². The maximum Gasteiger partial charge on any atom is 0.0725 e. The quantitative estimate of drug-likeness (QED) is 0.290. The van der Waals surface area contributed by atoms with Crippen molar-refractivity contribution in [2.45, 2.75) is 19.8 Å². The molecule has 74 valence electrons. The van der Waals surface area contributed by atoms with Crippen LogP contribution in [0.5, 0.6) is 0 Å². The van der Waals surface area contributed by atoms with E-state index in [1.54, 1.807) is 7.11 Å². The molecule has 0 amide bonds. The molecule has 0 aromatic rings. The van der Waals surface area contributed by atoms with E-state index < -0.39 is 0 Å². The van der Waals surface area contributed by atoms with Crippen LogP contribution in [0.2, 0.25) is 0 Å². The highest BCUT2D eigenvalue weighted by molar-refractivity contribution is 7.94.